The van der Waals surface area contributed by atoms with E-state index in [1.165, 1.54) is 19.3 Å². The molecular formula is C15H26O. The summed E-state index contributed by atoms with van der Waals surface area (Å²) in [6, 6.07) is 0. The van der Waals surface area contributed by atoms with Gasteiger partial charge in [-0.2, -0.15) is 0 Å². The van der Waals surface area contributed by atoms with Crippen LogP contribution in [0.25, 0.3) is 0 Å². The Labute approximate surface area is 99.9 Å². The van der Waals surface area contributed by atoms with Crippen LogP contribution in [-0.2, 0) is 0 Å². The van der Waals surface area contributed by atoms with Gasteiger partial charge in [-0.3, -0.25) is 0 Å². The molecule has 4 atom stereocenters. The van der Waals surface area contributed by atoms with E-state index >= 15 is 0 Å². The van der Waals surface area contributed by atoms with Crippen LogP contribution in [0, 0.1) is 23.7 Å². The van der Waals surface area contributed by atoms with Gasteiger partial charge in [0.15, 0.2) is 0 Å². The fourth-order valence-corrected chi connectivity index (χ4v) is 3.68. The first-order valence-corrected chi connectivity index (χ1v) is 6.86. The molecule has 0 bridgehead atoms. The lowest BCUT2D eigenvalue weighted by atomic mass is 9.62. The van der Waals surface area contributed by atoms with E-state index in [9.17, 15) is 5.11 Å². The van der Waals surface area contributed by atoms with Crippen molar-refractivity contribution in [3.8, 4) is 0 Å². The molecule has 92 valence electrons. The summed E-state index contributed by atoms with van der Waals surface area (Å²) >= 11 is 0. The average molecular weight is 222 g/mol. The summed E-state index contributed by atoms with van der Waals surface area (Å²) in [4.78, 5) is 0. The van der Waals surface area contributed by atoms with Crippen molar-refractivity contribution in [3.05, 3.63) is 11.6 Å². The molecule has 0 aliphatic heterocycles. The first-order chi connectivity index (χ1) is 7.41. The lowest BCUT2D eigenvalue weighted by Crippen LogP contribution is -2.37. The van der Waals surface area contributed by atoms with E-state index in [0.717, 1.165) is 24.2 Å². The van der Waals surface area contributed by atoms with Crippen LogP contribution in [0.2, 0.25) is 0 Å². The van der Waals surface area contributed by atoms with Crippen molar-refractivity contribution >= 4 is 0 Å². The molecule has 0 amide bonds. The average Bonchev–Trinajstić information content (AvgIpc) is 2.15. The number of hydrogen-bond acceptors (Lipinski definition) is 1. The van der Waals surface area contributed by atoms with Crippen molar-refractivity contribution in [1.82, 2.24) is 0 Å². The lowest BCUT2D eigenvalue weighted by Gasteiger charge is -2.44. The van der Waals surface area contributed by atoms with Crippen LogP contribution in [0.5, 0.6) is 0 Å². The van der Waals surface area contributed by atoms with Gasteiger partial charge in [-0.05, 0) is 56.3 Å². The van der Waals surface area contributed by atoms with Crippen molar-refractivity contribution in [2.45, 2.75) is 59.0 Å². The Bertz CT molecular complexity index is 288. The maximum Gasteiger partial charge on any atom is 0.0802 e. The molecule has 0 unspecified atom stereocenters. The van der Waals surface area contributed by atoms with E-state index in [2.05, 4.69) is 26.8 Å². The number of hydrogen-bond donors (Lipinski definition) is 1. The largest absolute Gasteiger partial charge is 0.386 e. The molecule has 0 radical (unpaired) electrons. The zero-order chi connectivity index (χ0) is 11.9. The predicted molar refractivity (Wildman–Crippen MR) is 68.2 cm³/mol. The number of aliphatic hydroxyl groups is 1. The van der Waals surface area contributed by atoms with Crippen molar-refractivity contribution in [3.63, 3.8) is 0 Å². The van der Waals surface area contributed by atoms with Crippen molar-refractivity contribution in [2.24, 2.45) is 23.7 Å². The maximum absolute atomic E-state index is 10.2. The molecule has 16 heavy (non-hydrogen) atoms. The summed E-state index contributed by atoms with van der Waals surface area (Å²) in [6.07, 6.45) is 7.01. The van der Waals surface area contributed by atoms with Gasteiger partial charge in [-0.1, -0.05) is 32.4 Å². The first-order valence-electron chi connectivity index (χ1n) is 6.86. The summed E-state index contributed by atoms with van der Waals surface area (Å²) in [7, 11) is 0. The molecule has 1 heteroatoms. The van der Waals surface area contributed by atoms with Crippen molar-refractivity contribution in [2.75, 3.05) is 0 Å². The molecule has 1 fully saturated rings. The van der Waals surface area contributed by atoms with Gasteiger partial charge in [0, 0.05) is 0 Å². The highest BCUT2D eigenvalue weighted by molar-refractivity contribution is 5.23. The second-order valence-electron chi connectivity index (χ2n) is 6.55. The molecule has 2 aliphatic carbocycles. The SMILES string of the molecule is CC(C)[C@@H]1CC[C@H](C)[C@H]2CC[C@](C)(O)C=C12. The molecule has 0 aromatic rings. The Morgan fingerprint density at radius 2 is 2.00 bits per heavy atom. The Hall–Kier alpha value is -0.300. The quantitative estimate of drug-likeness (QED) is 0.669. The Morgan fingerprint density at radius 3 is 2.62 bits per heavy atom. The minimum absolute atomic E-state index is 0.546. The fraction of sp³-hybridized carbons (Fsp3) is 0.867. The second-order valence-corrected chi connectivity index (χ2v) is 6.55. The highest BCUT2D eigenvalue weighted by atomic mass is 16.3. The van der Waals surface area contributed by atoms with Crippen LogP contribution in [0.15, 0.2) is 11.6 Å². The molecule has 1 saturated carbocycles. The number of allylic oxidation sites excluding steroid dienone is 1. The molecule has 0 aromatic carbocycles. The van der Waals surface area contributed by atoms with E-state index in [0.29, 0.717) is 5.92 Å². The Balaban J connectivity index is 2.30. The lowest BCUT2D eigenvalue weighted by molar-refractivity contribution is 0.0684. The molecule has 1 N–H and O–H groups in total. The normalized spacial score (nSPS) is 44.1. The second kappa shape index (κ2) is 4.18. The van der Waals surface area contributed by atoms with Crippen molar-refractivity contribution < 1.29 is 5.11 Å². The van der Waals surface area contributed by atoms with Gasteiger partial charge in [0.05, 0.1) is 5.60 Å². The molecule has 0 heterocycles. The van der Waals surface area contributed by atoms with Gasteiger partial charge in [0.2, 0.25) is 0 Å². The van der Waals surface area contributed by atoms with Gasteiger partial charge < -0.3 is 5.11 Å². The van der Waals surface area contributed by atoms with Gasteiger partial charge >= 0.3 is 0 Å². The van der Waals surface area contributed by atoms with Crippen LogP contribution >= 0.6 is 0 Å². The maximum atomic E-state index is 10.2. The molecule has 2 rings (SSSR count). The summed E-state index contributed by atoms with van der Waals surface area (Å²) in [5.74, 6) is 3.00. The molecule has 1 nitrogen and oxygen atoms in total. The zero-order valence-corrected chi connectivity index (χ0v) is 11.2. The third kappa shape index (κ3) is 2.20. The van der Waals surface area contributed by atoms with Gasteiger partial charge in [-0.25, -0.2) is 0 Å². The van der Waals surface area contributed by atoms with E-state index in [-0.39, 0.29) is 0 Å². The van der Waals surface area contributed by atoms with Crippen LogP contribution < -0.4 is 0 Å². The minimum atomic E-state index is -0.546. The van der Waals surface area contributed by atoms with Crippen molar-refractivity contribution in [1.29, 1.82) is 0 Å². The van der Waals surface area contributed by atoms with Crippen LogP contribution in [0.1, 0.15) is 53.4 Å². The van der Waals surface area contributed by atoms with Gasteiger partial charge in [0.1, 0.15) is 0 Å². The van der Waals surface area contributed by atoms with Gasteiger partial charge in [-0.15, -0.1) is 0 Å². The Morgan fingerprint density at radius 1 is 1.31 bits per heavy atom. The standard InChI is InChI=1S/C15H26O/c1-10(2)12-6-5-11(3)13-7-8-15(4,16)9-14(12)13/h9-13,16H,5-8H2,1-4H3/t11-,12-,13+,15-/m0/s1. The number of rotatable bonds is 1. The zero-order valence-electron chi connectivity index (χ0n) is 11.2. The smallest absolute Gasteiger partial charge is 0.0802 e. The number of fused-ring (bicyclic) bond motifs is 1. The summed E-state index contributed by atoms with van der Waals surface area (Å²) in [6.45, 7) is 8.99. The molecule has 0 saturated heterocycles. The van der Waals surface area contributed by atoms with E-state index in [4.69, 9.17) is 0 Å². The minimum Gasteiger partial charge on any atom is -0.386 e. The van der Waals surface area contributed by atoms with Crippen LogP contribution in [0.3, 0.4) is 0 Å². The monoisotopic (exact) mass is 222 g/mol. The molecular weight excluding hydrogens is 196 g/mol. The predicted octanol–water partition coefficient (Wildman–Crippen LogP) is 3.78. The molecule has 0 aromatic heterocycles. The van der Waals surface area contributed by atoms with Crippen LogP contribution in [0.4, 0.5) is 0 Å². The van der Waals surface area contributed by atoms with E-state index in [1.807, 2.05) is 6.92 Å². The molecule has 2 aliphatic rings. The Kier molecular flexibility index (Phi) is 3.18. The fourth-order valence-electron chi connectivity index (χ4n) is 3.68. The highest BCUT2D eigenvalue weighted by Crippen LogP contribution is 2.47. The van der Waals surface area contributed by atoms with Crippen LogP contribution in [-0.4, -0.2) is 10.7 Å². The summed E-state index contributed by atoms with van der Waals surface area (Å²) in [5.41, 5.74) is 1.03. The molecule has 0 spiro atoms. The highest BCUT2D eigenvalue weighted by Gasteiger charge is 2.39. The topological polar surface area (TPSA) is 20.2 Å². The van der Waals surface area contributed by atoms with E-state index in [1.54, 1.807) is 5.57 Å². The summed E-state index contributed by atoms with van der Waals surface area (Å²) in [5, 5.41) is 10.2. The van der Waals surface area contributed by atoms with Gasteiger partial charge in [0.25, 0.3) is 0 Å². The summed E-state index contributed by atoms with van der Waals surface area (Å²) < 4.78 is 0. The van der Waals surface area contributed by atoms with E-state index < -0.39 is 5.60 Å². The first kappa shape index (κ1) is 12.2. The third-order valence-corrected chi connectivity index (χ3v) is 4.72. The third-order valence-electron chi connectivity index (χ3n) is 4.72.